The van der Waals surface area contributed by atoms with Crippen LogP contribution in [0, 0.1) is 0 Å². The van der Waals surface area contributed by atoms with Gasteiger partial charge in [-0.1, -0.05) is 23.7 Å². The van der Waals surface area contributed by atoms with Gasteiger partial charge in [-0.3, -0.25) is 4.79 Å². The molecule has 4 nitrogen and oxygen atoms in total. The van der Waals surface area contributed by atoms with E-state index in [4.69, 9.17) is 22.1 Å². The average molecular weight is 323 g/mol. The highest BCUT2D eigenvalue weighted by molar-refractivity contribution is 6.30. The van der Waals surface area contributed by atoms with Gasteiger partial charge in [-0.25, -0.2) is 0 Å². The first-order valence-electron chi connectivity index (χ1n) is 8.03. The third-order valence-electron chi connectivity index (χ3n) is 4.61. The van der Waals surface area contributed by atoms with Gasteiger partial charge in [-0.2, -0.15) is 0 Å². The molecule has 1 aromatic rings. The Balaban J connectivity index is 1.75. The number of carbonyl (C=O) groups excluding carboxylic acids is 1. The Labute approximate surface area is 136 Å². The fourth-order valence-corrected chi connectivity index (χ4v) is 3.29. The highest BCUT2D eigenvalue weighted by Gasteiger charge is 2.41. The van der Waals surface area contributed by atoms with Crippen molar-refractivity contribution >= 4 is 17.5 Å². The summed E-state index contributed by atoms with van der Waals surface area (Å²) in [4.78, 5) is 14.9. The highest BCUT2D eigenvalue weighted by atomic mass is 35.5. The summed E-state index contributed by atoms with van der Waals surface area (Å²) in [5, 5.41) is 0.713. The Morgan fingerprint density at radius 3 is 2.55 bits per heavy atom. The van der Waals surface area contributed by atoms with E-state index in [0.29, 0.717) is 17.6 Å². The van der Waals surface area contributed by atoms with E-state index in [1.807, 2.05) is 29.2 Å². The van der Waals surface area contributed by atoms with Crippen molar-refractivity contribution in [1.29, 1.82) is 0 Å². The predicted molar refractivity (Wildman–Crippen MR) is 86.7 cm³/mol. The molecule has 2 N–H and O–H groups in total. The summed E-state index contributed by atoms with van der Waals surface area (Å²) in [5.74, 6) is 0.112. The quantitative estimate of drug-likeness (QED) is 0.907. The van der Waals surface area contributed by atoms with E-state index < -0.39 is 0 Å². The molecule has 120 valence electrons. The first-order valence-corrected chi connectivity index (χ1v) is 8.41. The number of carbonyl (C=O) groups is 1. The lowest BCUT2D eigenvalue weighted by atomic mass is 10.1. The Morgan fingerprint density at radius 1 is 1.32 bits per heavy atom. The third-order valence-corrected chi connectivity index (χ3v) is 4.86. The Morgan fingerprint density at radius 2 is 2.00 bits per heavy atom. The lowest BCUT2D eigenvalue weighted by Gasteiger charge is -2.32. The molecule has 1 unspecified atom stereocenters. The molecule has 1 amide bonds. The van der Waals surface area contributed by atoms with Crippen LogP contribution in [0.15, 0.2) is 24.3 Å². The van der Waals surface area contributed by atoms with Gasteiger partial charge in [0.1, 0.15) is 6.10 Å². The van der Waals surface area contributed by atoms with Crippen LogP contribution in [0.25, 0.3) is 0 Å². The fourth-order valence-electron chi connectivity index (χ4n) is 3.17. The number of ether oxygens (including phenoxy) is 1. The molecule has 1 aliphatic carbocycles. The molecule has 1 heterocycles. The second-order valence-electron chi connectivity index (χ2n) is 6.26. The van der Waals surface area contributed by atoms with Crippen molar-refractivity contribution < 1.29 is 9.53 Å². The summed E-state index contributed by atoms with van der Waals surface area (Å²) in [6.07, 6.45) is 3.51. The minimum absolute atomic E-state index is 0.0286. The van der Waals surface area contributed by atoms with E-state index in [1.165, 1.54) is 0 Å². The van der Waals surface area contributed by atoms with E-state index in [-0.39, 0.29) is 24.2 Å². The number of hydrogen-bond acceptors (Lipinski definition) is 3. The fraction of sp³-hybridized carbons (Fsp3) is 0.588. The standard InChI is InChI=1S/C17H23ClN2O2/c1-11(12-2-4-13(18)5-3-12)20(14-6-7-14)17(21)16-9-8-15(10-19)22-16/h2-5,11,14-16H,6-10,19H2,1H3/t11?,15-,16+/m1/s1. The summed E-state index contributed by atoms with van der Waals surface area (Å²) >= 11 is 5.96. The van der Waals surface area contributed by atoms with Crippen molar-refractivity contribution in [3.05, 3.63) is 34.9 Å². The topological polar surface area (TPSA) is 55.6 Å². The number of nitrogens with two attached hydrogens (primary N) is 1. The van der Waals surface area contributed by atoms with Crippen molar-refractivity contribution in [1.82, 2.24) is 4.90 Å². The molecular formula is C17H23ClN2O2. The first kappa shape index (κ1) is 15.8. The van der Waals surface area contributed by atoms with Gasteiger partial charge in [0.2, 0.25) is 0 Å². The SMILES string of the molecule is CC(c1ccc(Cl)cc1)N(C(=O)[C@@H]1CC[C@H](CN)O1)C1CC1. The number of nitrogens with zero attached hydrogens (tertiary/aromatic N) is 1. The summed E-state index contributed by atoms with van der Waals surface area (Å²) in [5.41, 5.74) is 6.76. The predicted octanol–water partition coefficient (Wildman–Crippen LogP) is 2.90. The van der Waals surface area contributed by atoms with Crippen LogP contribution < -0.4 is 5.73 Å². The summed E-state index contributed by atoms with van der Waals surface area (Å²) in [6.45, 7) is 2.56. The van der Waals surface area contributed by atoms with Gasteiger partial charge in [-0.15, -0.1) is 0 Å². The number of benzene rings is 1. The van der Waals surface area contributed by atoms with Crippen LogP contribution in [0.1, 0.15) is 44.2 Å². The van der Waals surface area contributed by atoms with Crippen molar-refractivity contribution in [3.8, 4) is 0 Å². The number of halogens is 1. The maximum absolute atomic E-state index is 12.9. The summed E-state index contributed by atoms with van der Waals surface area (Å²) in [7, 11) is 0. The lowest BCUT2D eigenvalue weighted by molar-refractivity contribution is -0.145. The molecule has 3 rings (SSSR count). The monoisotopic (exact) mass is 322 g/mol. The Kier molecular flexibility index (Phi) is 4.71. The smallest absolute Gasteiger partial charge is 0.252 e. The molecule has 0 spiro atoms. The third kappa shape index (κ3) is 3.29. The van der Waals surface area contributed by atoms with Gasteiger partial charge in [-0.05, 0) is 50.3 Å². The van der Waals surface area contributed by atoms with Gasteiger partial charge in [0.15, 0.2) is 0 Å². The molecule has 2 aliphatic rings. The zero-order valence-electron chi connectivity index (χ0n) is 12.9. The maximum atomic E-state index is 12.9. The minimum atomic E-state index is -0.330. The molecular weight excluding hydrogens is 300 g/mol. The van der Waals surface area contributed by atoms with Crippen molar-refractivity contribution in [3.63, 3.8) is 0 Å². The van der Waals surface area contributed by atoms with Crippen molar-refractivity contribution in [2.45, 2.75) is 56.9 Å². The Bertz CT molecular complexity index is 530. The van der Waals surface area contributed by atoms with Crippen LogP contribution in [0.2, 0.25) is 5.02 Å². The van der Waals surface area contributed by atoms with Gasteiger partial charge in [0.25, 0.3) is 5.91 Å². The largest absolute Gasteiger partial charge is 0.364 e. The van der Waals surface area contributed by atoms with Crippen molar-refractivity contribution in [2.24, 2.45) is 5.73 Å². The molecule has 3 atom stereocenters. The zero-order chi connectivity index (χ0) is 15.7. The Hall–Kier alpha value is -1.10. The molecule has 22 heavy (non-hydrogen) atoms. The molecule has 0 radical (unpaired) electrons. The molecule has 0 aromatic heterocycles. The minimum Gasteiger partial charge on any atom is -0.364 e. The summed E-state index contributed by atoms with van der Waals surface area (Å²) < 4.78 is 5.80. The van der Waals surface area contributed by atoms with Crippen LogP contribution in [-0.4, -0.2) is 35.6 Å². The van der Waals surface area contributed by atoms with E-state index in [1.54, 1.807) is 0 Å². The van der Waals surface area contributed by atoms with Crippen LogP contribution in [-0.2, 0) is 9.53 Å². The summed E-state index contributed by atoms with van der Waals surface area (Å²) in [6, 6.07) is 8.12. The zero-order valence-corrected chi connectivity index (χ0v) is 13.6. The highest BCUT2D eigenvalue weighted by Crippen LogP contribution is 2.36. The van der Waals surface area contributed by atoms with Gasteiger partial charge < -0.3 is 15.4 Å². The maximum Gasteiger partial charge on any atom is 0.252 e. The van der Waals surface area contributed by atoms with E-state index in [2.05, 4.69) is 6.92 Å². The molecule has 1 saturated heterocycles. The van der Waals surface area contributed by atoms with Crippen molar-refractivity contribution in [2.75, 3.05) is 6.54 Å². The van der Waals surface area contributed by atoms with Crippen LogP contribution in [0.5, 0.6) is 0 Å². The van der Waals surface area contributed by atoms with E-state index in [9.17, 15) is 4.79 Å². The van der Waals surface area contributed by atoms with Gasteiger partial charge in [0.05, 0.1) is 12.1 Å². The number of hydrogen-bond donors (Lipinski definition) is 1. The van der Waals surface area contributed by atoms with Gasteiger partial charge in [0, 0.05) is 17.6 Å². The second kappa shape index (κ2) is 6.57. The normalized spacial score (nSPS) is 26.0. The van der Waals surface area contributed by atoms with E-state index in [0.717, 1.165) is 31.2 Å². The molecule has 0 bridgehead atoms. The van der Waals surface area contributed by atoms with Crippen LogP contribution >= 0.6 is 11.6 Å². The van der Waals surface area contributed by atoms with E-state index >= 15 is 0 Å². The molecule has 2 fully saturated rings. The number of amides is 1. The second-order valence-corrected chi connectivity index (χ2v) is 6.70. The number of rotatable bonds is 5. The van der Waals surface area contributed by atoms with Gasteiger partial charge >= 0.3 is 0 Å². The van der Waals surface area contributed by atoms with Crippen LogP contribution in [0.3, 0.4) is 0 Å². The van der Waals surface area contributed by atoms with Crippen LogP contribution in [0.4, 0.5) is 0 Å². The molecule has 1 aliphatic heterocycles. The molecule has 1 aromatic carbocycles. The molecule has 1 saturated carbocycles. The molecule has 5 heteroatoms. The average Bonchev–Trinajstić information content (AvgIpc) is 3.23. The lowest BCUT2D eigenvalue weighted by Crippen LogP contribution is -2.42. The first-order chi connectivity index (χ1) is 10.6.